The summed E-state index contributed by atoms with van der Waals surface area (Å²) < 4.78 is 5.13. The monoisotopic (exact) mass is 347 g/mol. The zero-order valence-electron chi connectivity index (χ0n) is 14.0. The molecule has 25 heavy (non-hydrogen) atoms. The highest BCUT2D eigenvalue weighted by Gasteiger charge is 2.09. The second-order valence-corrected chi connectivity index (χ2v) is 6.30. The van der Waals surface area contributed by atoms with Crippen molar-refractivity contribution in [1.29, 1.82) is 5.26 Å². The van der Waals surface area contributed by atoms with Crippen LogP contribution >= 0.6 is 11.3 Å². The first-order valence-electron chi connectivity index (χ1n) is 7.73. The van der Waals surface area contributed by atoms with Gasteiger partial charge in [-0.15, -0.1) is 11.3 Å². The van der Waals surface area contributed by atoms with Gasteiger partial charge in [0.05, 0.1) is 12.8 Å². The average Bonchev–Trinajstić information content (AvgIpc) is 3.13. The van der Waals surface area contributed by atoms with Gasteiger partial charge in [0.1, 0.15) is 22.4 Å². The summed E-state index contributed by atoms with van der Waals surface area (Å²) in [7, 11) is 1.63. The largest absolute Gasteiger partial charge is 0.497 e. The van der Waals surface area contributed by atoms with E-state index >= 15 is 0 Å². The zero-order valence-corrected chi connectivity index (χ0v) is 14.8. The molecule has 0 fully saturated rings. The first-order chi connectivity index (χ1) is 12.2. The molecule has 124 valence electrons. The molecular formula is C20H17N3OS. The van der Waals surface area contributed by atoms with Crippen molar-refractivity contribution >= 4 is 22.6 Å². The van der Waals surface area contributed by atoms with Gasteiger partial charge in [-0.05, 0) is 31.2 Å². The van der Waals surface area contributed by atoms with Gasteiger partial charge in [0, 0.05) is 22.8 Å². The van der Waals surface area contributed by atoms with Crippen LogP contribution < -0.4 is 10.1 Å². The predicted molar refractivity (Wildman–Crippen MR) is 102 cm³/mol. The Morgan fingerprint density at radius 2 is 1.88 bits per heavy atom. The molecular weight excluding hydrogens is 330 g/mol. The Labute approximate surface area is 151 Å². The smallest absolute Gasteiger partial charge is 0.136 e. The summed E-state index contributed by atoms with van der Waals surface area (Å²) in [6.45, 7) is 2.05. The van der Waals surface area contributed by atoms with E-state index in [-0.39, 0.29) is 0 Å². The van der Waals surface area contributed by atoms with Crippen LogP contribution in [0, 0.1) is 18.3 Å². The number of thiazole rings is 1. The van der Waals surface area contributed by atoms with Crippen molar-refractivity contribution in [2.75, 3.05) is 12.4 Å². The van der Waals surface area contributed by atoms with Gasteiger partial charge in [-0.3, -0.25) is 0 Å². The molecule has 0 unspecified atom stereocenters. The molecule has 2 aromatic carbocycles. The number of methoxy groups -OCH3 is 1. The normalized spacial score (nSPS) is 11.0. The summed E-state index contributed by atoms with van der Waals surface area (Å²) in [5.74, 6) is 0.790. The average molecular weight is 347 g/mol. The molecule has 0 aliphatic heterocycles. The third-order valence-electron chi connectivity index (χ3n) is 3.68. The number of ether oxygens (including phenoxy) is 1. The van der Waals surface area contributed by atoms with Crippen LogP contribution in [0.3, 0.4) is 0 Å². The van der Waals surface area contributed by atoms with Gasteiger partial charge in [0.25, 0.3) is 0 Å². The molecule has 5 heteroatoms. The number of nitrogens with one attached hydrogen (secondary N) is 1. The van der Waals surface area contributed by atoms with Crippen molar-refractivity contribution in [2.45, 2.75) is 6.92 Å². The first-order valence-corrected chi connectivity index (χ1v) is 8.61. The molecule has 0 spiro atoms. The van der Waals surface area contributed by atoms with Gasteiger partial charge in [-0.25, -0.2) is 4.98 Å². The van der Waals surface area contributed by atoms with Crippen LogP contribution in [0.1, 0.15) is 10.6 Å². The van der Waals surface area contributed by atoms with Crippen molar-refractivity contribution in [3.63, 3.8) is 0 Å². The Morgan fingerprint density at radius 3 is 2.52 bits per heavy atom. The van der Waals surface area contributed by atoms with Crippen molar-refractivity contribution < 1.29 is 4.74 Å². The molecule has 1 aromatic heterocycles. The molecule has 0 saturated carbocycles. The molecule has 0 aliphatic rings. The third-order valence-corrected chi connectivity index (χ3v) is 4.55. The predicted octanol–water partition coefficient (Wildman–Crippen LogP) is 5.10. The van der Waals surface area contributed by atoms with Gasteiger partial charge >= 0.3 is 0 Å². The summed E-state index contributed by atoms with van der Waals surface area (Å²) in [6, 6.07) is 17.9. The molecule has 3 aromatic rings. The van der Waals surface area contributed by atoms with Crippen LogP contribution in [0.25, 0.3) is 16.8 Å². The number of aromatic nitrogens is 1. The minimum atomic E-state index is 0.499. The number of allylic oxidation sites excluding steroid dienone is 1. The number of hydrogen-bond acceptors (Lipinski definition) is 5. The summed E-state index contributed by atoms with van der Waals surface area (Å²) >= 11 is 1.46. The van der Waals surface area contributed by atoms with Crippen molar-refractivity contribution in [3.05, 3.63) is 70.7 Å². The molecule has 1 heterocycles. The number of nitriles is 1. The Hall–Kier alpha value is -3.10. The van der Waals surface area contributed by atoms with Crippen molar-refractivity contribution in [3.8, 4) is 23.1 Å². The number of aryl methyl sites for hydroxylation is 1. The van der Waals surface area contributed by atoms with E-state index in [1.165, 1.54) is 16.9 Å². The van der Waals surface area contributed by atoms with E-state index in [2.05, 4.69) is 35.4 Å². The van der Waals surface area contributed by atoms with E-state index in [0.29, 0.717) is 10.6 Å². The first kappa shape index (κ1) is 16.7. The van der Waals surface area contributed by atoms with E-state index in [1.807, 2.05) is 41.8 Å². The molecule has 0 radical (unpaired) electrons. The van der Waals surface area contributed by atoms with Gasteiger partial charge in [0.15, 0.2) is 0 Å². The van der Waals surface area contributed by atoms with Crippen LogP contribution in [0.15, 0.2) is 60.1 Å². The highest BCUT2D eigenvalue weighted by Crippen LogP contribution is 2.26. The zero-order chi connectivity index (χ0) is 17.6. The van der Waals surface area contributed by atoms with E-state index in [0.717, 1.165) is 22.7 Å². The minimum Gasteiger partial charge on any atom is -0.497 e. The Bertz CT molecular complexity index is 919. The second kappa shape index (κ2) is 7.65. The van der Waals surface area contributed by atoms with Gasteiger partial charge in [-0.2, -0.15) is 5.26 Å². The van der Waals surface area contributed by atoms with Gasteiger partial charge in [-0.1, -0.05) is 29.8 Å². The van der Waals surface area contributed by atoms with Crippen LogP contribution in [0.5, 0.6) is 5.75 Å². The molecule has 4 nitrogen and oxygen atoms in total. The van der Waals surface area contributed by atoms with Gasteiger partial charge < -0.3 is 10.1 Å². The molecule has 1 N–H and O–H groups in total. The van der Waals surface area contributed by atoms with E-state index in [4.69, 9.17) is 4.74 Å². The summed E-state index contributed by atoms with van der Waals surface area (Å²) in [6.07, 6.45) is 1.68. The standard InChI is InChI=1S/C20H17N3OS/c1-14-3-5-15(6-4-14)19-13-25-20(23-19)16(11-21)12-22-17-7-9-18(24-2)10-8-17/h3-10,12-13,22H,1-2H3/b16-12+. The van der Waals surface area contributed by atoms with Crippen LogP contribution in [0.2, 0.25) is 0 Å². The van der Waals surface area contributed by atoms with Crippen LogP contribution in [0.4, 0.5) is 5.69 Å². The Morgan fingerprint density at radius 1 is 1.16 bits per heavy atom. The van der Waals surface area contributed by atoms with E-state index in [9.17, 15) is 5.26 Å². The lowest BCUT2D eigenvalue weighted by Crippen LogP contribution is -1.91. The lowest BCUT2D eigenvalue weighted by atomic mass is 10.1. The molecule has 0 amide bonds. The van der Waals surface area contributed by atoms with E-state index in [1.54, 1.807) is 13.3 Å². The number of nitrogens with zero attached hydrogens (tertiary/aromatic N) is 2. The van der Waals surface area contributed by atoms with E-state index < -0.39 is 0 Å². The number of hydrogen-bond donors (Lipinski definition) is 1. The third kappa shape index (κ3) is 4.06. The molecule has 0 atom stereocenters. The maximum absolute atomic E-state index is 9.44. The van der Waals surface area contributed by atoms with Crippen molar-refractivity contribution in [1.82, 2.24) is 4.98 Å². The second-order valence-electron chi connectivity index (χ2n) is 5.45. The molecule has 3 rings (SSSR count). The van der Waals surface area contributed by atoms with Gasteiger partial charge in [0.2, 0.25) is 0 Å². The lowest BCUT2D eigenvalue weighted by Gasteiger charge is -2.03. The van der Waals surface area contributed by atoms with Crippen molar-refractivity contribution in [2.24, 2.45) is 0 Å². The quantitative estimate of drug-likeness (QED) is 0.652. The number of rotatable bonds is 5. The molecule has 0 saturated heterocycles. The number of anilines is 1. The minimum absolute atomic E-state index is 0.499. The lowest BCUT2D eigenvalue weighted by molar-refractivity contribution is 0.415. The highest BCUT2D eigenvalue weighted by molar-refractivity contribution is 7.11. The summed E-state index contributed by atoms with van der Waals surface area (Å²) in [5.41, 5.74) is 4.52. The van der Waals surface area contributed by atoms with Crippen LogP contribution in [-0.4, -0.2) is 12.1 Å². The van der Waals surface area contributed by atoms with Crippen LogP contribution in [-0.2, 0) is 0 Å². The Kier molecular flexibility index (Phi) is 5.12. The Balaban J connectivity index is 1.78. The maximum atomic E-state index is 9.44. The fraction of sp³-hybridized carbons (Fsp3) is 0.100. The molecule has 0 aliphatic carbocycles. The summed E-state index contributed by atoms with van der Waals surface area (Å²) in [4.78, 5) is 4.59. The summed E-state index contributed by atoms with van der Waals surface area (Å²) in [5, 5.41) is 15.2. The molecule has 0 bridgehead atoms. The SMILES string of the molecule is COc1ccc(N/C=C(\C#N)c2nc(-c3ccc(C)cc3)cs2)cc1. The topological polar surface area (TPSA) is 57.9 Å². The number of benzene rings is 2. The fourth-order valence-corrected chi connectivity index (χ4v) is 3.03. The maximum Gasteiger partial charge on any atom is 0.136 e. The fourth-order valence-electron chi connectivity index (χ4n) is 2.24. The highest BCUT2D eigenvalue weighted by atomic mass is 32.1.